The second-order valence-electron chi connectivity index (χ2n) is 7.07. The van der Waals surface area contributed by atoms with Gasteiger partial charge in [0.25, 0.3) is 5.56 Å². The molecule has 8 heteroatoms. The molecule has 0 spiro atoms. The minimum Gasteiger partial charge on any atom is -0.360 e. The number of para-hydroxylation sites is 1. The van der Waals surface area contributed by atoms with E-state index in [4.69, 9.17) is 4.52 Å². The second-order valence-corrected chi connectivity index (χ2v) is 7.07. The maximum Gasteiger partial charge on any atom is 0.258 e. The van der Waals surface area contributed by atoms with Crippen molar-refractivity contribution < 1.29 is 9.32 Å². The van der Waals surface area contributed by atoms with Crippen LogP contribution in [0.2, 0.25) is 0 Å². The number of benzene rings is 2. The van der Waals surface area contributed by atoms with E-state index in [0.717, 1.165) is 5.56 Å². The molecule has 2 N–H and O–H groups in total. The molecule has 4 rings (SSSR count). The molecule has 0 bridgehead atoms. The lowest BCUT2D eigenvalue weighted by molar-refractivity contribution is -0.121. The molecule has 2 heterocycles. The van der Waals surface area contributed by atoms with Gasteiger partial charge in [-0.15, -0.1) is 0 Å². The molecular weight excluding hydrogens is 382 g/mol. The van der Waals surface area contributed by atoms with Crippen LogP contribution < -0.4 is 10.9 Å². The predicted molar refractivity (Wildman–Crippen MR) is 113 cm³/mol. The molecule has 0 saturated carbocycles. The largest absolute Gasteiger partial charge is 0.360 e. The Morgan fingerprint density at radius 1 is 1.17 bits per heavy atom. The Bertz CT molecular complexity index is 1230. The molecule has 30 heavy (non-hydrogen) atoms. The molecule has 1 amide bonds. The topological polar surface area (TPSA) is 104 Å². The molecular formula is C22H21N5O3. The van der Waals surface area contributed by atoms with Crippen molar-refractivity contribution in [3.8, 4) is 0 Å². The fourth-order valence-electron chi connectivity index (χ4n) is 3.40. The smallest absolute Gasteiger partial charge is 0.258 e. The Labute approximate surface area is 172 Å². The number of aromatic nitrogens is 3. The maximum absolute atomic E-state index is 13.1. The Hall–Kier alpha value is -3.78. The number of fused-ring (bicyclic) bond motifs is 1. The van der Waals surface area contributed by atoms with E-state index in [1.807, 2.05) is 41.3 Å². The summed E-state index contributed by atoms with van der Waals surface area (Å²) in [6.07, 6.45) is 0. The van der Waals surface area contributed by atoms with Gasteiger partial charge in [-0.3, -0.25) is 14.5 Å². The van der Waals surface area contributed by atoms with E-state index >= 15 is 0 Å². The third-order valence-electron chi connectivity index (χ3n) is 4.74. The molecule has 0 radical (unpaired) electrons. The van der Waals surface area contributed by atoms with Crippen molar-refractivity contribution in [1.82, 2.24) is 20.0 Å². The van der Waals surface area contributed by atoms with Crippen LogP contribution in [-0.2, 0) is 11.3 Å². The SMILES string of the molecule is Cc1cc(NC(=O)[C@@H](c2ccccc2)N(C)Cc2nc3ccccc3c(=O)[nH]2)no1. The summed E-state index contributed by atoms with van der Waals surface area (Å²) in [6.45, 7) is 2.02. The highest BCUT2D eigenvalue weighted by Crippen LogP contribution is 2.23. The molecule has 4 aromatic rings. The number of rotatable bonds is 6. The van der Waals surface area contributed by atoms with E-state index in [1.54, 1.807) is 38.2 Å². The van der Waals surface area contributed by atoms with Gasteiger partial charge in [0.1, 0.15) is 17.6 Å². The highest BCUT2D eigenvalue weighted by atomic mass is 16.5. The van der Waals surface area contributed by atoms with Crippen LogP contribution in [0.4, 0.5) is 5.82 Å². The summed E-state index contributed by atoms with van der Waals surface area (Å²) < 4.78 is 5.03. The number of aromatic amines is 1. The number of aryl methyl sites for hydroxylation is 1. The maximum atomic E-state index is 13.1. The molecule has 1 atom stereocenters. The van der Waals surface area contributed by atoms with Gasteiger partial charge in [0.05, 0.1) is 17.4 Å². The number of amides is 1. The summed E-state index contributed by atoms with van der Waals surface area (Å²) in [5, 5.41) is 7.16. The zero-order valence-electron chi connectivity index (χ0n) is 16.6. The molecule has 0 aliphatic rings. The third-order valence-corrected chi connectivity index (χ3v) is 4.74. The van der Waals surface area contributed by atoms with Crippen LogP contribution >= 0.6 is 0 Å². The lowest BCUT2D eigenvalue weighted by atomic mass is 10.0. The van der Waals surface area contributed by atoms with Gasteiger partial charge >= 0.3 is 0 Å². The summed E-state index contributed by atoms with van der Waals surface area (Å²) >= 11 is 0. The van der Waals surface area contributed by atoms with Gasteiger partial charge in [0.2, 0.25) is 5.91 Å². The number of hydrogen-bond donors (Lipinski definition) is 2. The van der Waals surface area contributed by atoms with Crippen molar-refractivity contribution in [2.75, 3.05) is 12.4 Å². The van der Waals surface area contributed by atoms with Crippen LogP contribution in [0.1, 0.15) is 23.2 Å². The quantitative estimate of drug-likeness (QED) is 0.513. The molecule has 2 aromatic carbocycles. The molecule has 0 saturated heterocycles. The number of anilines is 1. The van der Waals surface area contributed by atoms with E-state index in [-0.39, 0.29) is 18.0 Å². The normalized spacial score (nSPS) is 12.2. The molecule has 152 valence electrons. The molecule has 0 aliphatic carbocycles. The number of carbonyl (C=O) groups excluding carboxylic acids is 1. The van der Waals surface area contributed by atoms with Gasteiger partial charge in [-0.25, -0.2) is 4.98 Å². The van der Waals surface area contributed by atoms with Crippen LogP contribution in [0, 0.1) is 6.92 Å². The van der Waals surface area contributed by atoms with Crippen molar-refractivity contribution in [1.29, 1.82) is 0 Å². The van der Waals surface area contributed by atoms with Gasteiger partial charge in [-0.05, 0) is 31.7 Å². The lowest BCUT2D eigenvalue weighted by Gasteiger charge is -2.26. The van der Waals surface area contributed by atoms with Crippen molar-refractivity contribution in [3.05, 3.63) is 88.2 Å². The summed E-state index contributed by atoms with van der Waals surface area (Å²) in [5.41, 5.74) is 1.21. The molecule has 8 nitrogen and oxygen atoms in total. The molecule has 0 unspecified atom stereocenters. The number of carbonyl (C=O) groups is 1. The van der Waals surface area contributed by atoms with Gasteiger partial charge < -0.3 is 14.8 Å². The lowest BCUT2D eigenvalue weighted by Crippen LogP contribution is -2.35. The Morgan fingerprint density at radius 3 is 2.63 bits per heavy atom. The first-order valence-corrected chi connectivity index (χ1v) is 9.48. The van der Waals surface area contributed by atoms with E-state index in [0.29, 0.717) is 28.3 Å². The van der Waals surface area contributed by atoms with Crippen molar-refractivity contribution in [3.63, 3.8) is 0 Å². The van der Waals surface area contributed by atoms with Crippen molar-refractivity contribution in [2.24, 2.45) is 0 Å². The number of likely N-dealkylation sites (N-methyl/N-ethyl adjacent to an activating group) is 1. The fourth-order valence-corrected chi connectivity index (χ4v) is 3.40. The van der Waals surface area contributed by atoms with Crippen molar-refractivity contribution in [2.45, 2.75) is 19.5 Å². The van der Waals surface area contributed by atoms with Crippen LogP contribution in [0.5, 0.6) is 0 Å². The first-order valence-electron chi connectivity index (χ1n) is 9.48. The highest BCUT2D eigenvalue weighted by Gasteiger charge is 2.26. The van der Waals surface area contributed by atoms with Gasteiger partial charge in [-0.1, -0.05) is 47.6 Å². The van der Waals surface area contributed by atoms with Gasteiger partial charge in [-0.2, -0.15) is 0 Å². The van der Waals surface area contributed by atoms with Crippen LogP contribution in [0.15, 0.2) is 70.0 Å². The zero-order valence-corrected chi connectivity index (χ0v) is 16.6. The fraction of sp³-hybridized carbons (Fsp3) is 0.182. The van der Waals surface area contributed by atoms with E-state index in [1.165, 1.54) is 0 Å². The van der Waals surface area contributed by atoms with E-state index < -0.39 is 6.04 Å². The number of nitrogens with one attached hydrogen (secondary N) is 2. The first-order chi connectivity index (χ1) is 14.5. The first kappa shape index (κ1) is 19.5. The monoisotopic (exact) mass is 403 g/mol. The molecule has 2 aromatic heterocycles. The van der Waals surface area contributed by atoms with E-state index in [9.17, 15) is 9.59 Å². The number of nitrogens with zero attached hydrogens (tertiary/aromatic N) is 3. The average Bonchev–Trinajstić information content (AvgIpc) is 3.13. The van der Waals surface area contributed by atoms with E-state index in [2.05, 4.69) is 20.4 Å². The summed E-state index contributed by atoms with van der Waals surface area (Å²) in [7, 11) is 1.81. The molecule has 0 aliphatic heterocycles. The van der Waals surface area contributed by atoms with Crippen LogP contribution in [0.3, 0.4) is 0 Å². The Balaban J connectivity index is 1.63. The minimum atomic E-state index is -0.625. The summed E-state index contributed by atoms with van der Waals surface area (Å²) in [4.78, 5) is 34.7. The summed E-state index contributed by atoms with van der Waals surface area (Å²) in [6, 6.07) is 17.6. The van der Waals surface area contributed by atoms with Crippen LogP contribution in [-0.4, -0.2) is 33.0 Å². The average molecular weight is 403 g/mol. The Kier molecular flexibility index (Phi) is 5.40. The van der Waals surface area contributed by atoms with Crippen molar-refractivity contribution >= 4 is 22.6 Å². The van der Waals surface area contributed by atoms with Gasteiger partial charge in [0, 0.05) is 6.07 Å². The number of H-pyrrole nitrogens is 1. The predicted octanol–water partition coefficient (Wildman–Crippen LogP) is 3.03. The summed E-state index contributed by atoms with van der Waals surface area (Å²) in [5.74, 6) is 1.17. The zero-order chi connectivity index (χ0) is 21.1. The van der Waals surface area contributed by atoms with Crippen LogP contribution in [0.25, 0.3) is 10.9 Å². The Morgan fingerprint density at radius 2 is 1.90 bits per heavy atom. The minimum absolute atomic E-state index is 0.206. The second kappa shape index (κ2) is 8.30. The standard InChI is InChI=1S/C22H21N5O3/c1-14-12-18(26-30-14)24-22(29)20(15-8-4-3-5-9-15)27(2)13-19-23-17-11-7-6-10-16(17)21(28)25-19/h3-12,20H,13H2,1-2H3,(H,23,25,28)(H,24,26,29)/t20-/m1/s1. The third kappa shape index (κ3) is 4.13. The molecule has 0 fully saturated rings. The number of hydrogen-bond acceptors (Lipinski definition) is 6. The van der Waals surface area contributed by atoms with Gasteiger partial charge in [0.15, 0.2) is 5.82 Å². The highest BCUT2D eigenvalue weighted by molar-refractivity contribution is 5.94.